The summed E-state index contributed by atoms with van der Waals surface area (Å²) in [6.45, 7) is 5.14. The zero-order valence-corrected chi connectivity index (χ0v) is 21.8. The van der Waals surface area contributed by atoms with Gasteiger partial charge in [-0.05, 0) is 50.1 Å². The number of halogens is 1. The SMILES string of the molecule is CC[C@@H](C)NC(=O)[C@H](C)N(Cc1ccc(Cl)cc1)C(=O)CN(c1ccccc1)S(=O)(=O)N(C)C. The van der Waals surface area contributed by atoms with E-state index in [0.29, 0.717) is 10.7 Å². The Hall–Kier alpha value is -2.62. The molecule has 0 spiro atoms. The van der Waals surface area contributed by atoms with Crippen molar-refractivity contribution >= 4 is 39.3 Å². The van der Waals surface area contributed by atoms with Gasteiger partial charge in [-0.25, -0.2) is 4.31 Å². The lowest BCUT2D eigenvalue weighted by atomic mass is 10.1. The first-order valence-electron chi connectivity index (χ1n) is 11.1. The van der Waals surface area contributed by atoms with Crippen LogP contribution in [-0.2, 0) is 26.3 Å². The van der Waals surface area contributed by atoms with Gasteiger partial charge in [0.05, 0.1) is 5.69 Å². The van der Waals surface area contributed by atoms with Crippen LogP contribution in [0.1, 0.15) is 32.8 Å². The van der Waals surface area contributed by atoms with Crippen LogP contribution in [0.2, 0.25) is 5.02 Å². The Bertz CT molecular complexity index is 1060. The summed E-state index contributed by atoms with van der Waals surface area (Å²) in [5.41, 5.74) is 1.12. The average Bonchev–Trinajstić information content (AvgIpc) is 2.81. The number of nitrogens with zero attached hydrogens (tertiary/aromatic N) is 3. The van der Waals surface area contributed by atoms with E-state index in [1.165, 1.54) is 19.0 Å². The summed E-state index contributed by atoms with van der Waals surface area (Å²) >= 11 is 5.99. The fourth-order valence-electron chi connectivity index (χ4n) is 3.15. The number of hydrogen-bond acceptors (Lipinski definition) is 4. The first-order chi connectivity index (χ1) is 16.0. The van der Waals surface area contributed by atoms with E-state index in [0.717, 1.165) is 20.6 Å². The van der Waals surface area contributed by atoms with Gasteiger partial charge in [0.15, 0.2) is 0 Å². The summed E-state index contributed by atoms with van der Waals surface area (Å²) < 4.78 is 28.2. The maximum atomic E-state index is 13.6. The van der Waals surface area contributed by atoms with E-state index in [1.54, 1.807) is 61.5 Å². The molecule has 10 heteroatoms. The molecule has 2 rings (SSSR count). The fraction of sp³-hybridized carbons (Fsp3) is 0.417. The van der Waals surface area contributed by atoms with Crippen LogP contribution in [0.3, 0.4) is 0 Å². The van der Waals surface area contributed by atoms with Crippen LogP contribution in [0.15, 0.2) is 54.6 Å². The number of amides is 2. The molecule has 0 aromatic heterocycles. The topological polar surface area (TPSA) is 90.0 Å². The van der Waals surface area contributed by atoms with Crippen molar-refractivity contribution in [3.05, 3.63) is 65.2 Å². The smallest absolute Gasteiger partial charge is 0.304 e. The van der Waals surface area contributed by atoms with E-state index in [1.807, 2.05) is 13.8 Å². The lowest BCUT2D eigenvalue weighted by Gasteiger charge is -2.33. The first kappa shape index (κ1) is 27.6. The van der Waals surface area contributed by atoms with E-state index in [2.05, 4.69) is 5.32 Å². The summed E-state index contributed by atoms with van der Waals surface area (Å²) in [5.74, 6) is -0.811. The van der Waals surface area contributed by atoms with Crippen molar-refractivity contribution in [3.63, 3.8) is 0 Å². The summed E-state index contributed by atoms with van der Waals surface area (Å²) in [5, 5.41) is 3.45. The van der Waals surface area contributed by atoms with Crippen molar-refractivity contribution in [1.82, 2.24) is 14.5 Å². The van der Waals surface area contributed by atoms with Crippen molar-refractivity contribution in [2.24, 2.45) is 0 Å². The van der Waals surface area contributed by atoms with Gasteiger partial charge in [-0.15, -0.1) is 0 Å². The van der Waals surface area contributed by atoms with Crippen LogP contribution in [0.4, 0.5) is 5.69 Å². The molecule has 1 N–H and O–H groups in total. The predicted octanol–water partition coefficient (Wildman–Crippen LogP) is 3.28. The van der Waals surface area contributed by atoms with Crippen LogP contribution in [-0.4, -0.2) is 62.2 Å². The highest BCUT2D eigenvalue weighted by Crippen LogP contribution is 2.21. The molecule has 2 aromatic carbocycles. The highest BCUT2D eigenvalue weighted by atomic mass is 35.5. The molecule has 8 nitrogen and oxygen atoms in total. The Morgan fingerprint density at radius 2 is 1.59 bits per heavy atom. The lowest BCUT2D eigenvalue weighted by molar-refractivity contribution is -0.139. The molecular formula is C24H33ClN4O4S. The summed E-state index contributed by atoms with van der Waals surface area (Å²) in [6.07, 6.45) is 0.743. The fourth-order valence-corrected chi connectivity index (χ4v) is 4.33. The van der Waals surface area contributed by atoms with Gasteiger partial charge in [0, 0.05) is 31.7 Å². The van der Waals surface area contributed by atoms with Gasteiger partial charge in [-0.1, -0.05) is 48.9 Å². The number of carbonyl (C=O) groups excluding carboxylic acids is 2. The Balaban J connectivity index is 2.41. The quantitative estimate of drug-likeness (QED) is 0.504. The minimum absolute atomic E-state index is 0.0580. The molecule has 0 saturated carbocycles. The second kappa shape index (κ2) is 12.2. The third-order valence-corrected chi connectivity index (χ3v) is 7.57. The van der Waals surface area contributed by atoms with Gasteiger partial charge in [0.1, 0.15) is 12.6 Å². The summed E-state index contributed by atoms with van der Waals surface area (Å²) in [6, 6.07) is 14.5. The van der Waals surface area contributed by atoms with Crippen molar-refractivity contribution in [1.29, 1.82) is 0 Å². The van der Waals surface area contributed by atoms with Crippen molar-refractivity contribution in [3.8, 4) is 0 Å². The maximum absolute atomic E-state index is 13.6. The maximum Gasteiger partial charge on any atom is 0.304 e. The van der Waals surface area contributed by atoms with Crippen molar-refractivity contribution in [2.75, 3.05) is 24.9 Å². The normalized spacial score (nSPS) is 13.3. The van der Waals surface area contributed by atoms with E-state index < -0.39 is 28.7 Å². The molecule has 0 heterocycles. The van der Waals surface area contributed by atoms with E-state index >= 15 is 0 Å². The van der Waals surface area contributed by atoms with Gasteiger partial charge >= 0.3 is 10.2 Å². The van der Waals surface area contributed by atoms with E-state index in [4.69, 9.17) is 11.6 Å². The second-order valence-electron chi connectivity index (χ2n) is 8.27. The number of para-hydroxylation sites is 1. The van der Waals surface area contributed by atoms with Gasteiger partial charge in [0.2, 0.25) is 11.8 Å². The van der Waals surface area contributed by atoms with Crippen molar-refractivity contribution in [2.45, 2.75) is 45.8 Å². The molecule has 186 valence electrons. The Morgan fingerprint density at radius 3 is 2.12 bits per heavy atom. The molecule has 2 amide bonds. The van der Waals surface area contributed by atoms with Crippen LogP contribution < -0.4 is 9.62 Å². The highest BCUT2D eigenvalue weighted by Gasteiger charge is 2.32. The minimum Gasteiger partial charge on any atom is -0.352 e. The molecule has 0 aliphatic carbocycles. The molecule has 2 aromatic rings. The Kier molecular flexibility index (Phi) is 9.90. The number of anilines is 1. The summed E-state index contributed by atoms with van der Waals surface area (Å²) in [7, 11) is -1.15. The van der Waals surface area contributed by atoms with Gasteiger partial charge < -0.3 is 10.2 Å². The molecular weight excluding hydrogens is 476 g/mol. The first-order valence-corrected chi connectivity index (χ1v) is 12.8. The molecule has 0 aliphatic heterocycles. The van der Waals surface area contributed by atoms with Crippen LogP contribution in [0.5, 0.6) is 0 Å². The number of benzene rings is 2. The van der Waals surface area contributed by atoms with Gasteiger partial charge in [0.25, 0.3) is 0 Å². The van der Waals surface area contributed by atoms with E-state index in [-0.39, 0.29) is 18.5 Å². The third kappa shape index (κ3) is 7.19. The number of rotatable bonds is 11. The molecule has 0 radical (unpaired) electrons. The number of nitrogens with one attached hydrogen (secondary N) is 1. The standard InChI is InChI=1S/C24H33ClN4O4S/c1-6-18(2)26-24(31)19(3)28(16-20-12-14-21(25)15-13-20)23(30)17-29(34(32,33)27(4)5)22-10-8-7-9-11-22/h7-15,18-19H,6,16-17H2,1-5H3,(H,26,31)/t18-,19+/m1/s1. The third-order valence-electron chi connectivity index (χ3n) is 5.50. The highest BCUT2D eigenvalue weighted by molar-refractivity contribution is 7.90. The predicted molar refractivity (Wildman–Crippen MR) is 136 cm³/mol. The van der Waals surface area contributed by atoms with Crippen molar-refractivity contribution < 1.29 is 18.0 Å². The number of carbonyl (C=O) groups is 2. The molecule has 0 bridgehead atoms. The molecule has 0 unspecified atom stereocenters. The molecule has 2 atom stereocenters. The van der Waals surface area contributed by atoms with E-state index in [9.17, 15) is 18.0 Å². The number of hydrogen-bond donors (Lipinski definition) is 1. The average molecular weight is 509 g/mol. The molecule has 0 aliphatic rings. The Morgan fingerprint density at radius 1 is 1.00 bits per heavy atom. The zero-order chi connectivity index (χ0) is 25.5. The second-order valence-corrected chi connectivity index (χ2v) is 10.8. The molecule has 0 fully saturated rings. The zero-order valence-electron chi connectivity index (χ0n) is 20.2. The Labute approximate surface area is 207 Å². The van der Waals surface area contributed by atoms with Crippen LogP contribution >= 0.6 is 11.6 Å². The summed E-state index contributed by atoms with van der Waals surface area (Å²) in [4.78, 5) is 27.9. The largest absolute Gasteiger partial charge is 0.352 e. The minimum atomic E-state index is -3.97. The van der Waals surface area contributed by atoms with Gasteiger partial charge in [-0.2, -0.15) is 12.7 Å². The van der Waals surface area contributed by atoms with Crippen LogP contribution in [0.25, 0.3) is 0 Å². The molecule has 34 heavy (non-hydrogen) atoms. The van der Waals surface area contributed by atoms with Crippen LogP contribution in [0, 0.1) is 0 Å². The van der Waals surface area contributed by atoms with Gasteiger partial charge in [-0.3, -0.25) is 9.59 Å². The lowest BCUT2D eigenvalue weighted by Crippen LogP contribution is -2.53. The molecule has 0 saturated heterocycles. The monoisotopic (exact) mass is 508 g/mol.